The second-order valence-corrected chi connectivity index (χ2v) is 7.49. The van der Waals surface area contributed by atoms with Crippen molar-refractivity contribution in [1.82, 2.24) is 10.2 Å². The minimum Gasteiger partial charge on any atom is -0.444 e. The number of carbonyl (C=O) groups is 1. The quantitative estimate of drug-likeness (QED) is 0.651. The molecule has 7 heteroatoms. The number of nitro groups is 1. The van der Waals surface area contributed by atoms with Gasteiger partial charge in [-0.05, 0) is 51.6 Å². The molecule has 0 bridgehead atoms. The first kappa shape index (κ1) is 19.2. The summed E-state index contributed by atoms with van der Waals surface area (Å²) in [6.45, 7) is 8.52. The van der Waals surface area contributed by atoms with Crippen molar-refractivity contribution in [2.45, 2.75) is 45.8 Å². The maximum Gasteiger partial charge on any atom is 0.410 e. The summed E-state index contributed by atoms with van der Waals surface area (Å²) < 4.78 is 5.44. The SMILES string of the molecule is CC(C)(C)OC(=O)N1CCCC(CNCc2ccc([N+](=O)[O-])cc2)C1. The van der Waals surface area contributed by atoms with E-state index >= 15 is 0 Å². The Hall–Kier alpha value is -2.15. The minimum atomic E-state index is -0.474. The van der Waals surface area contributed by atoms with Crippen LogP contribution in [0.15, 0.2) is 24.3 Å². The topological polar surface area (TPSA) is 84.7 Å². The lowest BCUT2D eigenvalue weighted by Crippen LogP contribution is -2.44. The molecule has 1 N–H and O–H groups in total. The number of likely N-dealkylation sites (tertiary alicyclic amines) is 1. The molecule has 0 saturated carbocycles. The molecule has 138 valence electrons. The minimum absolute atomic E-state index is 0.101. The summed E-state index contributed by atoms with van der Waals surface area (Å²) in [5, 5.41) is 14.0. The van der Waals surface area contributed by atoms with Gasteiger partial charge in [0.2, 0.25) is 0 Å². The van der Waals surface area contributed by atoms with Gasteiger partial charge < -0.3 is 15.0 Å². The van der Waals surface area contributed by atoms with E-state index < -0.39 is 10.5 Å². The van der Waals surface area contributed by atoms with Crippen LogP contribution in [0.1, 0.15) is 39.2 Å². The monoisotopic (exact) mass is 349 g/mol. The first-order valence-corrected chi connectivity index (χ1v) is 8.66. The average Bonchev–Trinajstić information content (AvgIpc) is 2.54. The number of hydrogen-bond acceptors (Lipinski definition) is 5. The highest BCUT2D eigenvalue weighted by atomic mass is 16.6. The van der Waals surface area contributed by atoms with Crippen LogP contribution in [-0.4, -0.2) is 41.2 Å². The number of carbonyl (C=O) groups excluding carboxylic acids is 1. The first-order valence-electron chi connectivity index (χ1n) is 8.66. The Morgan fingerprint density at radius 2 is 2.04 bits per heavy atom. The standard InChI is InChI=1S/C18H27N3O4/c1-18(2,3)25-17(22)20-10-4-5-15(13-20)12-19-11-14-6-8-16(9-7-14)21(23)24/h6-9,15,19H,4-5,10-13H2,1-3H3. The smallest absolute Gasteiger partial charge is 0.410 e. The van der Waals surface area contributed by atoms with Crippen molar-refractivity contribution in [3.63, 3.8) is 0 Å². The highest BCUT2D eigenvalue weighted by molar-refractivity contribution is 5.68. The third-order valence-corrected chi connectivity index (χ3v) is 4.08. The van der Waals surface area contributed by atoms with Crippen LogP contribution in [0.3, 0.4) is 0 Å². The molecule has 1 aromatic carbocycles. The Morgan fingerprint density at radius 3 is 2.64 bits per heavy atom. The molecule has 1 unspecified atom stereocenters. The third kappa shape index (κ3) is 6.34. The zero-order chi connectivity index (χ0) is 18.4. The van der Waals surface area contributed by atoms with Crippen LogP contribution in [0.25, 0.3) is 0 Å². The molecule has 2 rings (SSSR count). The molecule has 0 spiro atoms. The number of rotatable bonds is 5. The highest BCUT2D eigenvalue weighted by Gasteiger charge is 2.27. The number of benzene rings is 1. The predicted octanol–water partition coefficient (Wildman–Crippen LogP) is 3.33. The van der Waals surface area contributed by atoms with Gasteiger partial charge in [0, 0.05) is 31.8 Å². The van der Waals surface area contributed by atoms with E-state index in [4.69, 9.17) is 4.74 Å². The number of hydrogen-bond donors (Lipinski definition) is 1. The van der Waals surface area contributed by atoms with Crippen molar-refractivity contribution in [3.8, 4) is 0 Å². The van der Waals surface area contributed by atoms with E-state index in [2.05, 4.69) is 5.32 Å². The summed E-state index contributed by atoms with van der Waals surface area (Å²) in [5.41, 5.74) is 0.632. The van der Waals surface area contributed by atoms with Crippen LogP contribution in [0.4, 0.5) is 10.5 Å². The molecule has 0 aliphatic carbocycles. The number of nitrogens with zero attached hydrogens (tertiary/aromatic N) is 2. The maximum absolute atomic E-state index is 12.2. The van der Waals surface area contributed by atoms with Crippen molar-refractivity contribution in [1.29, 1.82) is 0 Å². The van der Waals surface area contributed by atoms with E-state index in [1.165, 1.54) is 12.1 Å². The molecule has 1 aliphatic heterocycles. The van der Waals surface area contributed by atoms with Crippen LogP contribution < -0.4 is 5.32 Å². The van der Waals surface area contributed by atoms with Crippen LogP contribution in [0.5, 0.6) is 0 Å². The molecule has 1 aliphatic rings. The van der Waals surface area contributed by atoms with Gasteiger partial charge in [-0.1, -0.05) is 12.1 Å². The predicted molar refractivity (Wildman–Crippen MR) is 95.3 cm³/mol. The highest BCUT2D eigenvalue weighted by Crippen LogP contribution is 2.19. The van der Waals surface area contributed by atoms with E-state index in [-0.39, 0.29) is 11.8 Å². The summed E-state index contributed by atoms with van der Waals surface area (Å²) in [6, 6.07) is 6.56. The molecule has 1 aromatic rings. The summed E-state index contributed by atoms with van der Waals surface area (Å²) >= 11 is 0. The summed E-state index contributed by atoms with van der Waals surface area (Å²) in [7, 11) is 0. The van der Waals surface area contributed by atoms with Crippen LogP contribution in [-0.2, 0) is 11.3 Å². The summed E-state index contributed by atoms with van der Waals surface area (Å²) in [6.07, 6.45) is 1.81. The maximum atomic E-state index is 12.2. The van der Waals surface area contributed by atoms with Crippen molar-refractivity contribution >= 4 is 11.8 Å². The molecule has 0 aromatic heterocycles. The molecule has 1 amide bonds. The van der Waals surface area contributed by atoms with Gasteiger partial charge in [-0.3, -0.25) is 10.1 Å². The molecule has 1 saturated heterocycles. The van der Waals surface area contributed by atoms with Crippen molar-refractivity contribution < 1.29 is 14.5 Å². The van der Waals surface area contributed by atoms with Gasteiger partial charge in [-0.2, -0.15) is 0 Å². The van der Waals surface area contributed by atoms with Gasteiger partial charge in [-0.25, -0.2) is 4.79 Å². The van der Waals surface area contributed by atoms with E-state index in [9.17, 15) is 14.9 Å². The largest absolute Gasteiger partial charge is 0.444 e. The van der Waals surface area contributed by atoms with Crippen molar-refractivity contribution in [2.75, 3.05) is 19.6 Å². The van der Waals surface area contributed by atoms with E-state index in [1.54, 1.807) is 17.0 Å². The normalized spacial score (nSPS) is 18.0. The van der Waals surface area contributed by atoms with Gasteiger partial charge >= 0.3 is 6.09 Å². The Bertz CT molecular complexity index is 595. The zero-order valence-electron chi connectivity index (χ0n) is 15.2. The number of piperidine rings is 1. The number of ether oxygens (including phenoxy) is 1. The van der Waals surface area contributed by atoms with Gasteiger partial charge in [0.1, 0.15) is 5.60 Å². The first-order chi connectivity index (χ1) is 11.7. The molecule has 25 heavy (non-hydrogen) atoms. The summed E-state index contributed by atoms with van der Waals surface area (Å²) in [5.74, 6) is 0.388. The average molecular weight is 349 g/mol. The van der Waals surface area contributed by atoms with Gasteiger partial charge in [0.05, 0.1) is 4.92 Å². The molecule has 1 heterocycles. The van der Waals surface area contributed by atoms with Gasteiger partial charge in [0.15, 0.2) is 0 Å². The zero-order valence-corrected chi connectivity index (χ0v) is 15.2. The number of amides is 1. The number of nitrogens with one attached hydrogen (secondary N) is 1. The van der Waals surface area contributed by atoms with Gasteiger partial charge in [-0.15, -0.1) is 0 Å². The fourth-order valence-corrected chi connectivity index (χ4v) is 2.88. The Labute approximate surface area is 148 Å². The molecular weight excluding hydrogens is 322 g/mol. The van der Waals surface area contributed by atoms with E-state index in [1.807, 2.05) is 20.8 Å². The lowest BCUT2D eigenvalue weighted by molar-refractivity contribution is -0.384. The van der Waals surface area contributed by atoms with Gasteiger partial charge in [0.25, 0.3) is 5.69 Å². The van der Waals surface area contributed by atoms with Crippen molar-refractivity contribution in [2.24, 2.45) is 5.92 Å². The van der Waals surface area contributed by atoms with Crippen LogP contribution in [0, 0.1) is 16.0 Å². The Balaban J connectivity index is 1.77. The third-order valence-electron chi connectivity index (χ3n) is 4.08. The molecular formula is C18H27N3O4. The second-order valence-electron chi connectivity index (χ2n) is 7.49. The van der Waals surface area contributed by atoms with Crippen LogP contribution in [0.2, 0.25) is 0 Å². The molecule has 1 fully saturated rings. The Kier molecular flexibility index (Phi) is 6.36. The molecule has 0 radical (unpaired) electrons. The summed E-state index contributed by atoms with van der Waals surface area (Å²) in [4.78, 5) is 24.2. The lowest BCUT2D eigenvalue weighted by Gasteiger charge is -2.34. The number of nitro benzene ring substituents is 1. The van der Waals surface area contributed by atoms with Crippen LogP contribution >= 0.6 is 0 Å². The second kappa shape index (κ2) is 8.29. The fourth-order valence-electron chi connectivity index (χ4n) is 2.88. The van der Waals surface area contributed by atoms with E-state index in [0.717, 1.165) is 31.5 Å². The van der Waals surface area contributed by atoms with Crippen molar-refractivity contribution in [3.05, 3.63) is 39.9 Å². The lowest BCUT2D eigenvalue weighted by atomic mass is 9.98. The molecule has 7 nitrogen and oxygen atoms in total. The molecule has 1 atom stereocenters. The number of non-ortho nitro benzene ring substituents is 1. The Morgan fingerprint density at radius 1 is 1.36 bits per heavy atom. The fraction of sp³-hybridized carbons (Fsp3) is 0.611. The van der Waals surface area contributed by atoms with E-state index in [0.29, 0.717) is 19.0 Å².